The number of aromatic amines is 1. The molecule has 1 fully saturated rings. The molecule has 1 aromatic carbocycles. The van der Waals surface area contributed by atoms with Crippen molar-refractivity contribution in [3.05, 3.63) is 52.3 Å². The van der Waals surface area contributed by atoms with Crippen molar-refractivity contribution in [1.29, 1.82) is 0 Å². The van der Waals surface area contributed by atoms with Crippen molar-refractivity contribution in [3.63, 3.8) is 0 Å². The van der Waals surface area contributed by atoms with E-state index in [9.17, 15) is 9.59 Å². The van der Waals surface area contributed by atoms with Crippen LogP contribution >= 0.6 is 0 Å². The number of aromatic nitrogens is 1. The first-order chi connectivity index (χ1) is 13.0. The number of carbonyl (C=O) groups excluding carboxylic acids is 2. The number of nitrogens with zero attached hydrogens (tertiary/aromatic N) is 1. The molecule has 0 aliphatic carbocycles. The molecule has 1 atom stereocenters. The maximum atomic E-state index is 13.3. The smallest absolute Gasteiger partial charge is 0.271 e. The van der Waals surface area contributed by atoms with Crippen LogP contribution in [0.1, 0.15) is 77.3 Å². The zero-order chi connectivity index (χ0) is 19.6. The first kappa shape index (κ1) is 19.2. The lowest BCUT2D eigenvalue weighted by Crippen LogP contribution is -2.31. The molecular weight excluding hydrogens is 340 g/mol. The van der Waals surface area contributed by atoms with E-state index in [-0.39, 0.29) is 17.7 Å². The van der Waals surface area contributed by atoms with Gasteiger partial charge in [-0.25, -0.2) is 0 Å². The SMILES string of the molecule is CCOc1ccc(C2CCCN2C(=O)c2[nH]c(C)c(C(C)=O)c2CC)cc1. The quantitative estimate of drug-likeness (QED) is 0.766. The lowest BCUT2D eigenvalue weighted by molar-refractivity contribution is 0.0729. The normalized spacial score (nSPS) is 16.6. The molecule has 0 saturated carbocycles. The van der Waals surface area contributed by atoms with E-state index in [0.29, 0.717) is 24.3 Å². The van der Waals surface area contributed by atoms with E-state index >= 15 is 0 Å². The molecule has 2 heterocycles. The topological polar surface area (TPSA) is 62.4 Å². The van der Waals surface area contributed by atoms with Gasteiger partial charge in [-0.2, -0.15) is 0 Å². The minimum Gasteiger partial charge on any atom is -0.494 e. The first-order valence-electron chi connectivity index (χ1n) is 9.74. The van der Waals surface area contributed by atoms with Crippen molar-refractivity contribution < 1.29 is 14.3 Å². The van der Waals surface area contributed by atoms with Crippen molar-refractivity contribution >= 4 is 11.7 Å². The van der Waals surface area contributed by atoms with Gasteiger partial charge in [-0.15, -0.1) is 0 Å². The number of amides is 1. The third-order valence-electron chi connectivity index (χ3n) is 5.30. The summed E-state index contributed by atoms with van der Waals surface area (Å²) in [5, 5.41) is 0. The van der Waals surface area contributed by atoms with Gasteiger partial charge in [0.05, 0.1) is 12.6 Å². The van der Waals surface area contributed by atoms with Gasteiger partial charge in [0.25, 0.3) is 5.91 Å². The van der Waals surface area contributed by atoms with Crippen molar-refractivity contribution in [2.45, 2.75) is 53.0 Å². The molecule has 144 valence electrons. The lowest BCUT2D eigenvalue weighted by Gasteiger charge is -2.25. The van der Waals surface area contributed by atoms with Gasteiger partial charge in [0.15, 0.2) is 5.78 Å². The largest absolute Gasteiger partial charge is 0.494 e. The number of nitrogens with one attached hydrogen (secondary N) is 1. The molecule has 2 aromatic rings. The summed E-state index contributed by atoms with van der Waals surface area (Å²) in [5.41, 5.74) is 3.97. The van der Waals surface area contributed by atoms with Gasteiger partial charge >= 0.3 is 0 Å². The van der Waals surface area contributed by atoms with E-state index in [1.807, 2.05) is 49.9 Å². The van der Waals surface area contributed by atoms with E-state index in [4.69, 9.17) is 4.74 Å². The predicted octanol–water partition coefficient (Wildman–Crippen LogP) is 4.46. The Hall–Kier alpha value is -2.56. The number of ether oxygens (including phenoxy) is 1. The predicted molar refractivity (Wildman–Crippen MR) is 106 cm³/mol. The third kappa shape index (κ3) is 3.64. The highest BCUT2D eigenvalue weighted by Gasteiger charge is 2.33. The minimum atomic E-state index is -0.0150. The van der Waals surface area contributed by atoms with Crippen LogP contribution in [-0.4, -0.2) is 34.7 Å². The van der Waals surface area contributed by atoms with Crippen molar-refractivity contribution in [2.75, 3.05) is 13.2 Å². The summed E-state index contributed by atoms with van der Waals surface area (Å²) in [5.74, 6) is 0.833. The van der Waals surface area contributed by atoms with Gasteiger partial charge in [-0.05, 0) is 63.3 Å². The number of benzene rings is 1. The van der Waals surface area contributed by atoms with Gasteiger partial charge in [-0.3, -0.25) is 9.59 Å². The number of carbonyl (C=O) groups is 2. The van der Waals surface area contributed by atoms with Gasteiger partial charge in [0, 0.05) is 17.8 Å². The molecule has 1 aliphatic rings. The Morgan fingerprint density at radius 1 is 1.22 bits per heavy atom. The Morgan fingerprint density at radius 2 is 1.93 bits per heavy atom. The number of rotatable bonds is 6. The van der Waals surface area contributed by atoms with Crippen LogP contribution in [0.25, 0.3) is 0 Å². The average Bonchev–Trinajstić information content (AvgIpc) is 3.26. The van der Waals surface area contributed by atoms with Crippen molar-refractivity contribution in [3.8, 4) is 5.75 Å². The van der Waals surface area contributed by atoms with Crippen molar-refractivity contribution in [2.24, 2.45) is 0 Å². The molecule has 1 N–H and O–H groups in total. The maximum Gasteiger partial charge on any atom is 0.271 e. The second-order valence-corrected chi connectivity index (χ2v) is 7.05. The number of ketones is 1. The van der Waals surface area contributed by atoms with Crippen LogP contribution in [0.2, 0.25) is 0 Å². The zero-order valence-electron chi connectivity index (χ0n) is 16.6. The van der Waals surface area contributed by atoms with Crippen LogP contribution in [0.4, 0.5) is 0 Å². The lowest BCUT2D eigenvalue weighted by atomic mass is 10.0. The van der Waals surface area contributed by atoms with Gasteiger partial charge < -0.3 is 14.6 Å². The Morgan fingerprint density at radius 3 is 2.52 bits per heavy atom. The highest BCUT2D eigenvalue weighted by molar-refractivity contribution is 6.02. The highest BCUT2D eigenvalue weighted by Crippen LogP contribution is 2.35. The van der Waals surface area contributed by atoms with Crippen LogP contribution in [0.5, 0.6) is 5.75 Å². The maximum absolute atomic E-state index is 13.3. The third-order valence-corrected chi connectivity index (χ3v) is 5.30. The van der Waals surface area contributed by atoms with Crippen LogP contribution in [0, 0.1) is 6.92 Å². The summed E-state index contributed by atoms with van der Waals surface area (Å²) in [6.07, 6.45) is 2.58. The van der Waals surface area contributed by atoms with E-state index in [2.05, 4.69) is 4.98 Å². The molecule has 5 nitrogen and oxygen atoms in total. The molecule has 0 spiro atoms. The van der Waals surface area contributed by atoms with Gasteiger partial charge in [0.2, 0.25) is 0 Å². The molecule has 1 aromatic heterocycles. The Balaban J connectivity index is 1.90. The van der Waals surface area contributed by atoms with E-state index < -0.39 is 0 Å². The summed E-state index contributed by atoms with van der Waals surface area (Å²) in [6, 6.07) is 8.07. The number of likely N-dealkylation sites (tertiary alicyclic amines) is 1. The fourth-order valence-corrected chi connectivity index (χ4v) is 4.14. The Bertz CT molecular complexity index is 836. The Kier molecular flexibility index (Phi) is 5.68. The number of aryl methyl sites for hydroxylation is 1. The molecule has 1 saturated heterocycles. The molecule has 1 amide bonds. The van der Waals surface area contributed by atoms with E-state index in [1.165, 1.54) is 0 Å². The van der Waals surface area contributed by atoms with Crippen molar-refractivity contribution in [1.82, 2.24) is 9.88 Å². The van der Waals surface area contributed by atoms with Gasteiger partial charge in [0.1, 0.15) is 11.4 Å². The van der Waals surface area contributed by atoms with Crippen LogP contribution < -0.4 is 4.74 Å². The standard InChI is InChI=1S/C22H28N2O3/c1-5-18-20(15(4)25)14(3)23-21(18)22(26)24-13-7-8-19(24)16-9-11-17(12-10-16)27-6-2/h9-12,19,23H,5-8,13H2,1-4H3. The summed E-state index contributed by atoms with van der Waals surface area (Å²) < 4.78 is 5.52. The fraction of sp³-hybridized carbons (Fsp3) is 0.455. The number of Topliss-reactive ketones (excluding diaryl/α,β-unsaturated/α-hetero) is 1. The fourth-order valence-electron chi connectivity index (χ4n) is 4.14. The number of H-pyrrole nitrogens is 1. The van der Waals surface area contributed by atoms with Crippen LogP contribution in [0.3, 0.4) is 0 Å². The van der Waals surface area contributed by atoms with E-state index in [0.717, 1.165) is 42.0 Å². The van der Waals surface area contributed by atoms with E-state index in [1.54, 1.807) is 6.92 Å². The Labute approximate surface area is 160 Å². The van der Waals surface area contributed by atoms with Crippen LogP contribution in [-0.2, 0) is 6.42 Å². The number of hydrogen-bond acceptors (Lipinski definition) is 3. The molecule has 1 aliphatic heterocycles. The molecule has 1 unspecified atom stereocenters. The highest BCUT2D eigenvalue weighted by atomic mass is 16.5. The molecule has 0 radical (unpaired) electrons. The zero-order valence-corrected chi connectivity index (χ0v) is 16.6. The monoisotopic (exact) mass is 368 g/mol. The molecule has 3 rings (SSSR count). The van der Waals surface area contributed by atoms with Crippen LogP contribution in [0.15, 0.2) is 24.3 Å². The molecule has 5 heteroatoms. The summed E-state index contributed by atoms with van der Waals surface area (Å²) in [4.78, 5) is 30.5. The first-order valence-corrected chi connectivity index (χ1v) is 9.74. The number of hydrogen-bond donors (Lipinski definition) is 1. The molecular formula is C22H28N2O3. The molecule has 27 heavy (non-hydrogen) atoms. The second-order valence-electron chi connectivity index (χ2n) is 7.05. The summed E-state index contributed by atoms with van der Waals surface area (Å²) in [6.45, 7) is 8.73. The minimum absolute atomic E-state index is 0.00383. The molecule has 0 bridgehead atoms. The second kappa shape index (κ2) is 7.99. The summed E-state index contributed by atoms with van der Waals surface area (Å²) in [7, 11) is 0. The average molecular weight is 368 g/mol. The summed E-state index contributed by atoms with van der Waals surface area (Å²) >= 11 is 0. The van der Waals surface area contributed by atoms with Gasteiger partial charge in [-0.1, -0.05) is 19.1 Å².